The maximum atomic E-state index is 13.8. The normalized spacial score (nSPS) is 14.9. The first kappa shape index (κ1) is 24.3. The second kappa shape index (κ2) is 9.94. The summed E-state index contributed by atoms with van der Waals surface area (Å²) in [5.41, 5.74) is 4.26. The fourth-order valence-corrected chi connectivity index (χ4v) is 5.08. The minimum Gasteiger partial charge on any atom is -0.494 e. The molecular formula is C30H28BrNO4. The molecule has 5 nitrogen and oxygen atoms in total. The van der Waals surface area contributed by atoms with E-state index in [-0.39, 0.29) is 17.1 Å². The van der Waals surface area contributed by atoms with E-state index in [1.165, 1.54) is 0 Å². The number of amides is 1. The van der Waals surface area contributed by atoms with Crippen molar-refractivity contribution in [1.82, 2.24) is 0 Å². The van der Waals surface area contributed by atoms with Crippen molar-refractivity contribution in [3.8, 4) is 5.75 Å². The lowest BCUT2D eigenvalue weighted by Crippen LogP contribution is -2.29. The number of aryl methyl sites for hydroxylation is 2. The SMILES string of the molecule is CCCCCOc1cccc(C2c3c(oc4ccc(Br)cc4c3=O)C(=O)N2c2ccc(C)c(C)c2)c1. The number of halogens is 1. The van der Waals surface area contributed by atoms with Gasteiger partial charge in [0.2, 0.25) is 5.76 Å². The Morgan fingerprint density at radius 3 is 2.58 bits per heavy atom. The lowest BCUT2D eigenvalue weighted by Gasteiger charge is -2.26. The first-order chi connectivity index (χ1) is 17.4. The second-order valence-corrected chi connectivity index (χ2v) is 10.2. The van der Waals surface area contributed by atoms with Crippen LogP contribution >= 0.6 is 15.9 Å². The van der Waals surface area contributed by atoms with E-state index in [1.807, 2.05) is 56.3 Å². The van der Waals surface area contributed by atoms with Gasteiger partial charge in [0.05, 0.1) is 23.6 Å². The Kier molecular flexibility index (Phi) is 6.71. The molecule has 1 amide bonds. The molecule has 1 aliphatic rings. The minimum atomic E-state index is -0.631. The molecule has 1 aliphatic heterocycles. The van der Waals surface area contributed by atoms with Crippen molar-refractivity contribution in [2.24, 2.45) is 0 Å². The van der Waals surface area contributed by atoms with Crippen LogP contribution in [0.2, 0.25) is 0 Å². The number of fused-ring (bicyclic) bond motifs is 2. The van der Waals surface area contributed by atoms with E-state index in [0.29, 0.717) is 23.1 Å². The molecule has 4 aromatic rings. The van der Waals surface area contributed by atoms with Gasteiger partial charge >= 0.3 is 0 Å². The topological polar surface area (TPSA) is 59.8 Å². The molecule has 0 saturated heterocycles. The molecule has 1 aromatic heterocycles. The van der Waals surface area contributed by atoms with Crippen LogP contribution < -0.4 is 15.1 Å². The van der Waals surface area contributed by atoms with Crippen molar-refractivity contribution in [3.63, 3.8) is 0 Å². The van der Waals surface area contributed by atoms with Crippen LogP contribution in [0, 0.1) is 13.8 Å². The highest BCUT2D eigenvalue weighted by Gasteiger charge is 2.43. The number of unbranched alkanes of at least 4 members (excludes halogenated alkanes) is 2. The second-order valence-electron chi connectivity index (χ2n) is 9.29. The summed E-state index contributed by atoms with van der Waals surface area (Å²) in [5.74, 6) is 0.485. The van der Waals surface area contributed by atoms with Gasteiger partial charge in [-0.1, -0.05) is 53.9 Å². The predicted octanol–water partition coefficient (Wildman–Crippen LogP) is 7.49. The molecule has 5 rings (SSSR count). The van der Waals surface area contributed by atoms with Crippen LogP contribution in [-0.4, -0.2) is 12.5 Å². The first-order valence-corrected chi connectivity index (χ1v) is 13.1. The molecule has 0 fully saturated rings. The summed E-state index contributed by atoms with van der Waals surface area (Å²) < 4.78 is 12.9. The molecule has 0 spiro atoms. The smallest absolute Gasteiger partial charge is 0.295 e. The zero-order valence-corrected chi connectivity index (χ0v) is 22.2. The average molecular weight is 546 g/mol. The van der Waals surface area contributed by atoms with Gasteiger partial charge in [-0.05, 0) is 79.4 Å². The van der Waals surface area contributed by atoms with E-state index in [1.54, 1.807) is 23.1 Å². The van der Waals surface area contributed by atoms with Gasteiger partial charge in [0.25, 0.3) is 5.91 Å². The van der Waals surface area contributed by atoms with Gasteiger partial charge in [-0.2, -0.15) is 0 Å². The Labute approximate surface area is 218 Å². The van der Waals surface area contributed by atoms with Crippen LogP contribution in [-0.2, 0) is 0 Å². The molecule has 2 heterocycles. The van der Waals surface area contributed by atoms with Gasteiger partial charge in [0.1, 0.15) is 11.3 Å². The van der Waals surface area contributed by atoms with Gasteiger partial charge in [-0.25, -0.2) is 0 Å². The van der Waals surface area contributed by atoms with Crippen LogP contribution in [0.4, 0.5) is 5.69 Å². The van der Waals surface area contributed by atoms with Crippen LogP contribution in [0.1, 0.15) is 65.0 Å². The summed E-state index contributed by atoms with van der Waals surface area (Å²) in [5, 5.41) is 0.440. The van der Waals surface area contributed by atoms with Crippen LogP contribution in [0.5, 0.6) is 5.75 Å². The Morgan fingerprint density at radius 1 is 0.972 bits per heavy atom. The van der Waals surface area contributed by atoms with E-state index in [0.717, 1.165) is 51.9 Å². The molecule has 0 radical (unpaired) electrons. The van der Waals surface area contributed by atoms with E-state index in [2.05, 4.69) is 22.9 Å². The van der Waals surface area contributed by atoms with Crippen LogP contribution in [0.25, 0.3) is 11.0 Å². The fourth-order valence-electron chi connectivity index (χ4n) is 4.72. The molecule has 36 heavy (non-hydrogen) atoms. The number of anilines is 1. The van der Waals surface area contributed by atoms with Gasteiger partial charge < -0.3 is 9.15 Å². The largest absolute Gasteiger partial charge is 0.494 e. The van der Waals surface area contributed by atoms with Crippen LogP contribution in [0.15, 0.2) is 74.3 Å². The summed E-state index contributed by atoms with van der Waals surface area (Å²) >= 11 is 3.45. The third kappa shape index (κ3) is 4.35. The molecule has 0 aliphatic carbocycles. The standard InChI is InChI=1S/C30H28BrNO4/c1-4-5-6-14-35-23-9-7-8-20(16-23)27-26-28(33)24-17-21(31)11-13-25(24)36-29(26)30(34)32(27)22-12-10-18(2)19(3)15-22/h7-13,15-17,27H,4-6,14H2,1-3H3. The highest BCUT2D eigenvalue weighted by Crippen LogP contribution is 2.42. The van der Waals surface area contributed by atoms with Crippen LogP contribution in [0.3, 0.4) is 0 Å². The third-order valence-electron chi connectivity index (χ3n) is 6.79. The molecular weight excluding hydrogens is 518 g/mol. The summed E-state index contributed by atoms with van der Waals surface area (Å²) in [6.07, 6.45) is 3.20. The number of carbonyl (C=O) groups is 1. The fraction of sp³-hybridized carbons (Fsp3) is 0.267. The molecule has 0 N–H and O–H groups in total. The lowest BCUT2D eigenvalue weighted by atomic mass is 9.97. The summed E-state index contributed by atoms with van der Waals surface area (Å²) in [7, 11) is 0. The third-order valence-corrected chi connectivity index (χ3v) is 7.28. The molecule has 184 valence electrons. The van der Waals surface area contributed by atoms with Gasteiger partial charge in [0, 0.05) is 10.2 Å². The Balaban J connectivity index is 1.68. The monoisotopic (exact) mass is 545 g/mol. The summed E-state index contributed by atoms with van der Waals surface area (Å²) in [6.45, 7) is 6.83. The zero-order chi connectivity index (χ0) is 25.4. The van der Waals surface area contributed by atoms with Crippen molar-refractivity contribution in [2.45, 2.75) is 46.1 Å². The summed E-state index contributed by atoms with van der Waals surface area (Å²) in [4.78, 5) is 29.3. The zero-order valence-electron chi connectivity index (χ0n) is 20.6. The van der Waals surface area contributed by atoms with Gasteiger partial charge in [-0.15, -0.1) is 0 Å². The number of hydrogen-bond acceptors (Lipinski definition) is 4. The van der Waals surface area contributed by atoms with E-state index < -0.39 is 6.04 Å². The van der Waals surface area contributed by atoms with Crippen molar-refractivity contribution in [1.29, 1.82) is 0 Å². The molecule has 6 heteroatoms. The predicted molar refractivity (Wildman–Crippen MR) is 146 cm³/mol. The summed E-state index contributed by atoms with van der Waals surface area (Å²) in [6, 6.07) is 18.2. The highest BCUT2D eigenvalue weighted by atomic mass is 79.9. The molecule has 3 aromatic carbocycles. The van der Waals surface area contributed by atoms with Crippen molar-refractivity contribution in [2.75, 3.05) is 11.5 Å². The maximum Gasteiger partial charge on any atom is 0.295 e. The van der Waals surface area contributed by atoms with E-state index in [9.17, 15) is 9.59 Å². The molecule has 1 atom stereocenters. The minimum absolute atomic E-state index is 0.0901. The maximum absolute atomic E-state index is 13.8. The highest BCUT2D eigenvalue weighted by molar-refractivity contribution is 9.10. The Morgan fingerprint density at radius 2 is 1.81 bits per heavy atom. The number of rotatable bonds is 7. The quantitative estimate of drug-likeness (QED) is 0.226. The van der Waals surface area contributed by atoms with E-state index in [4.69, 9.17) is 9.15 Å². The molecule has 1 unspecified atom stereocenters. The Hall–Kier alpha value is -3.38. The number of hydrogen-bond donors (Lipinski definition) is 0. The number of ether oxygens (including phenoxy) is 1. The lowest BCUT2D eigenvalue weighted by molar-refractivity contribution is 0.0971. The number of carbonyl (C=O) groups excluding carboxylic acids is 1. The van der Waals surface area contributed by atoms with Crippen molar-refractivity contribution in [3.05, 3.63) is 103 Å². The molecule has 0 saturated carbocycles. The van der Waals surface area contributed by atoms with Crippen molar-refractivity contribution >= 4 is 38.5 Å². The number of benzene rings is 3. The molecule has 0 bridgehead atoms. The average Bonchev–Trinajstić information content (AvgIpc) is 3.17. The van der Waals surface area contributed by atoms with E-state index >= 15 is 0 Å². The first-order valence-electron chi connectivity index (χ1n) is 12.3. The van der Waals surface area contributed by atoms with Gasteiger partial charge in [-0.3, -0.25) is 14.5 Å². The van der Waals surface area contributed by atoms with Gasteiger partial charge in [0.15, 0.2) is 5.43 Å². The van der Waals surface area contributed by atoms with Crippen molar-refractivity contribution < 1.29 is 13.9 Å². The number of nitrogens with zero attached hydrogens (tertiary/aromatic N) is 1. The Bertz CT molecular complexity index is 1520.